The summed E-state index contributed by atoms with van der Waals surface area (Å²) in [4.78, 5) is 23.0. The highest BCUT2D eigenvalue weighted by atomic mass is 15.4. The molecule has 5 heterocycles. The Labute approximate surface area is 143 Å². The van der Waals surface area contributed by atoms with Gasteiger partial charge in [0, 0.05) is 37.0 Å². The van der Waals surface area contributed by atoms with Crippen LogP contribution in [0.4, 0.5) is 11.6 Å². The van der Waals surface area contributed by atoms with Crippen molar-refractivity contribution in [1.29, 1.82) is 0 Å². The smallest absolute Gasteiger partial charge is 0.133 e. The first-order valence-corrected chi connectivity index (χ1v) is 8.70. The molecule has 126 valence electrons. The van der Waals surface area contributed by atoms with Gasteiger partial charge in [-0.25, -0.2) is 19.9 Å². The number of piperazine rings is 1. The van der Waals surface area contributed by atoms with Gasteiger partial charge in [0.15, 0.2) is 0 Å². The molecule has 3 saturated heterocycles. The monoisotopic (exact) mass is 324 g/mol. The van der Waals surface area contributed by atoms with Crippen molar-refractivity contribution in [3.05, 3.63) is 35.7 Å². The van der Waals surface area contributed by atoms with Crippen LogP contribution < -0.4 is 9.80 Å². The van der Waals surface area contributed by atoms with E-state index in [1.165, 1.54) is 6.42 Å². The summed E-state index contributed by atoms with van der Waals surface area (Å²) in [6.07, 6.45) is 3.13. The lowest BCUT2D eigenvalue weighted by Gasteiger charge is -2.57. The minimum atomic E-state index is 0.356. The average Bonchev–Trinajstić information content (AvgIpc) is 2.54. The minimum Gasteiger partial charge on any atom is -0.352 e. The van der Waals surface area contributed by atoms with Crippen LogP contribution in [0.2, 0.25) is 0 Å². The highest BCUT2D eigenvalue weighted by molar-refractivity contribution is 5.52. The Morgan fingerprint density at radius 3 is 2.46 bits per heavy atom. The largest absolute Gasteiger partial charge is 0.352 e. The highest BCUT2D eigenvalue weighted by Crippen LogP contribution is 2.37. The van der Waals surface area contributed by atoms with Crippen molar-refractivity contribution in [2.75, 3.05) is 22.9 Å². The van der Waals surface area contributed by atoms with Crippen LogP contribution in [0.25, 0.3) is 0 Å². The molecule has 3 aliphatic rings. The SMILES string of the molecule is Cc1cc(N2CC3CC(C2)N3c2ccnc(C(C)C)n2)nc(C)n1. The van der Waals surface area contributed by atoms with E-state index in [0.717, 1.165) is 42.1 Å². The van der Waals surface area contributed by atoms with E-state index in [-0.39, 0.29) is 0 Å². The summed E-state index contributed by atoms with van der Waals surface area (Å²) in [5, 5.41) is 0. The predicted molar refractivity (Wildman–Crippen MR) is 94.5 cm³/mol. The first kappa shape index (κ1) is 15.3. The second kappa shape index (κ2) is 5.69. The van der Waals surface area contributed by atoms with E-state index in [1.807, 2.05) is 26.1 Å². The third kappa shape index (κ3) is 2.60. The maximum atomic E-state index is 4.77. The van der Waals surface area contributed by atoms with Gasteiger partial charge in [-0.15, -0.1) is 0 Å². The van der Waals surface area contributed by atoms with E-state index in [2.05, 4.69) is 44.7 Å². The molecule has 3 aliphatic heterocycles. The van der Waals surface area contributed by atoms with Gasteiger partial charge in [-0.1, -0.05) is 13.8 Å². The molecule has 2 unspecified atom stereocenters. The molecule has 0 spiro atoms. The van der Waals surface area contributed by atoms with Crippen LogP contribution in [0.5, 0.6) is 0 Å². The first-order chi connectivity index (χ1) is 11.5. The molecule has 0 amide bonds. The standard InChI is InChI=1S/C18H24N6/c1-11(2)18-19-6-5-16(22-18)24-14-8-15(24)10-23(9-14)17-7-12(3)20-13(4)21-17/h5-7,11,14-15H,8-10H2,1-4H3. The fourth-order valence-electron chi connectivity index (χ4n) is 3.82. The third-order valence-electron chi connectivity index (χ3n) is 4.91. The Kier molecular flexibility index (Phi) is 3.62. The van der Waals surface area contributed by atoms with Gasteiger partial charge in [0.1, 0.15) is 23.3 Å². The van der Waals surface area contributed by atoms with Crippen molar-refractivity contribution in [1.82, 2.24) is 19.9 Å². The maximum absolute atomic E-state index is 4.77. The summed E-state index contributed by atoms with van der Waals surface area (Å²) < 4.78 is 0. The van der Waals surface area contributed by atoms with E-state index in [4.69, 9.17) is 4.98 Å². The Hall–Kier alpha value is -2.24. The van der Waals surface area contributed by atoms with Gasteiger partial charge in [-0.2, -0.15) is 0 Å². The van der Waals surface area contributed by atoms with Crippen LogP contribution in [0.1, 0.15) is 43.5 Å². The third-order valence-corrected chi connectivity index (χ3v) is 4.91. The summed E-state index contributed by atoms with van der Waals surface area (Å²) in [6.45, 7) is 10.3. The van der Waals surface area contributed by atoms with Crippen molar-refractivity contribution in [3.63, 3.8) is 0 Å². The quantitative estimate of drug-likeness (QED) is 0.864. The lowest BCUT2D eigenvalue weighted by Crippen LogP contribution is -2.69. The van der Waals surface area contributed by atoms with Crippen LogP contribution in [0.3, 0.4) is 0 Å². The Balaban J connectivity index is 1.53. The Bertz CT molecular complexity index is 727. The fraction of sp³-hybridized carbons (Fsp3) is 0.556. The number of fused-ring (bicyclic) bond motifs is 2. The van der Waals surface area contributed by atoms with Crippen LogP contribution >= 0.6 is 0 Å². The van der Waals surface area contributed by atoms with Crippen molar-refractivity contribution < 1.29 is 0 Å². The summed E-state index contributed by atoms with van der Waals surface area (Å²) in [5.41, 5.74) is 1.03. The van der Waals surface area contributed by atoms with E-state index >= 15 is 0 Å². The molecule has 3 fully saturated rings. The number of hydrogen-bond donors (Lipinski definition) is 0. The Morgan fingerprint density at radius 1 is 1.04 bits per heavy atom. The summed E-state index contributed by atoms with van der Waals surface area (Å²) >= 11 is 0. The molecule has 0 aliphatic carbocycles. The zero-order valence-electron chi connectivity index (χ0n) is 14.8. The molecule has 2 aromatic rings. The lowest BCUT2D eigenvalue weighted by atomic mass is 9.87. The zero-order chi connectivity index (χ0) is 16.8. The molecule has 5 rings (SSSR count). The van der Waals surface area contributed by atoms with Crippen LogP contribution in [-0.2, 0) is 0 Å². The van der Waals surface area contributed by atoms with Crippen molar-refractivity contribution in [2.45, 2.75) is 52.1 Å². The van der Waals surface area contributed by atoms with Crippen LogP contribution in [0, 0.1) is 13.8 Å². The van der Waals surface area contributed by atoms with E-state index in [9.17, 15) is 0 Å². The van der Waals surface area contributed by atoms with Gasteiger partial charge in [0.25, 0.3) is 0 Å². The second-order valence-electron chi connectivity index (χ2n) is 7.20. The molecule has 2 atom stereocenters. The van der Waals surface area contributed by atoms with E-state index in [1.54, 1.807) is 0 Å². The Morgan fingerprint density at radius 2 is 1.79 bits per heavy atom. The number of anilines is 2. The molecule has 2 bridgehead atoms. The predicted octanol–water partition coefficient (Wildman–Crippen LogP) is 2.47. The number of hydrogen-bond acceptors (Lipinski definition) is 6. The van der Waals surface area contributed by atoms with Gasteiger partial charge < -0.3 is 9.80 Å². The van der Waals surface area contributed by atoms with Gasteiger partial charge >= 0.3 is 0 Å². The van der Waals surface area contributed by atoms with Crippen molar-refractivity contribution >= 4 is 11.6 Å². The average molecular weight is 324 g/mol. The van der Waals surface area contributed by atoms with Crippen molar-refractivity contribution in [3.8, 4) is 0 Å². The summed E-state index contributed by atoms with van der Waals surface area (Å²) in [6, 6.07) is 5.15. The van der Waals surface area contributed by atoms with Gasteiger partial charge in [-0.05, 0) is 26.3 Å². The molecule has 2 aromatic heterocycles. The first-order valence-electron chi connectivity index (χ1n) is 8.70. The highest BCUT2D eigenvalue weighted by Gasteiger charge is 2.45. The van der Waals surface area contributed by atoms with Gasteiger partial charge in [-0.3, -0.25) is 0 Å². The molecular formula is C18H24N6. The van der Waals surface area contributed by atoms with Crippen molar-refractivity contribution in [2.24, 2.45) is 0 Å². The number of piperidine rings is 1. The molecule has 0 saturated carbocycles. The second-order valence-corrected chi connectivity index (χ2v) is 7.20. The normalized spacial score (nSPS) is 22.7. The van der Waals surface area contributed by atoms with Crippen LogP contribution in [0.15, 0.2) is 18.3 Å². The van der Waals surface area contributed by atoms with E-state index < -0.39 is 0 Å². The summed E-state index contributed by atoms with van der Waals surface area (Å²) in [7, 11) is 0. The molecule has 0 aromatic carbocycles. The number of nitrogens with zero attached hydrogens (tertiary/aromatic N) is 6. The lowest BCUT2D eigenvalue weighted by molar-refractivity contribution is 0.287. The topological polar surface area (TPSA) is 58.0 Å². The molecule has 0 radical (unpaired) electrons. The molecule has 6 nitrogen and oxygen atoms in total. The van der Waals surface area contributed by atoms with Gasteiger partial charge in [0.05, 0.1) is 12.1 Å². The zero-order valence-corrected chi connectivity index (χ0v) is 14.8. The number of aromatic nitrogens is 4. The fourth-order valence-corrected chi connectivity index (χ4v) is 3.82. The minimum absolute atomic E-state index is 0.356. The maximum Gasteiger partial charge on any atom is 0.133 e. The molecular weight excluding hydrogens is 300 g/mol. The van der Waals surface area contributed by atoms with Gasteiger partial charge in [0.2, 0.25) is 0 Å². The number of rotatable bonds is 3. The van der Waals surface area contributed by atoms with E-state index in [0.29, 0.717) is 18.0 Å². The molecule has 6 heteroatoms. The molecule has 24 heavy (non-hydrogen) atoms. The number of aryl methyl sites for hydroxylation is 2. The molecule has 0 N–H and O–H groups in total. The van der Waals surface area contributed by atoms with Crippen LogP contribution in [-0.4, -0.2) is 45.1 Å². The summed E-state index contributed by atoms with van der Waals surface area (Å²) in [5.74, 6) is 4.26.